The van der Waals surface area contributed by atoms with Gasteiger partial charge in [0.2, 0.25) is 0 Å². The van der Waals surface area contributed by atoms with Crippen molar-refractivity contribution in [2.75, 3.05) is 0 Å². The molecule has 0 aliphatic heterocycles. The van der Waals surface area contributed by atoms with Crippen molar-refractivity contribution in [2.24, 2.45) is 5.73 Å². The van der Waals surface area contributed by atoms with E-state index < -0.39 is 0 Å². The molecule has 1 aromatic carbocycles. The molecule has 0 spiro atoms. The van der Waals surface area contributed by atoms with Crippen LogP contribution in [0.4, 0.5) is 0 Å². The summed E-state index contributed by atoms with van der Waals surface area (Å²) in [4.78, 5) is 4.17. The van der Waals surface area contributed by atoms with Gasteiger partial charge in [-0.05, 0) is 13.0 Å². The second-order valence-corrected chi connectivity index (χ2v) is 5.16. The number of hydrogen-bond acceptors (Lipinski definition) is 3. The van der Waals surface area contributed by atoms with Gasteiger partial charge >= 0.3 is 0 Å². The van der Waals surface area contributed by atoms with E-state index in [0.29, 0.717) is 33.1 Å². The molecule has 0 aliphatic rings. The van der Waals surface area contributed by atoms with Crippen molar-refractivity contribution in [2.45, 2.75) is 13.5 Å². The van der Waals surface area contributed by atoms with Gasteiger partial charge in [0.05, 0.1) is 15.1 Å². The SMILES string of the molecule is Cc1cc(Oc2cc(Cl)c(Cl)cc2Cl)c(CN)cn1. The topological polar surface area (TPSA) is 48.1 Å². The number of halogens is 3. The molecule has 0 saturated heterocycles. The molecular weight excluding hydrogens is 307 g/mol. The number of aryl methyl sites for hydroxylation is 1. The van der Waals surface area contributed by atoms with Crippen LogP contribution in [-0.2, 0) is 6.54 Å². The summed E-state index contributed by atoms with van der Waals surface area (Å²) in [7, 11) is 0. The quantitative estimate of drug-likeness (QED) is 0.842. The minimum atomic E-state index is 0.321. The lowest BCUT2D eigenvalue weighted by atomic mass is 10.2. The first-order valence-electron chi connectivity index (χ1n) is 5.49. The third kappa shape index (κ3) is 3.31. The largest absolute Gasteiger partial charge is 0.455 e. The number of nitrogens with two attached hydrogens (primary N) is 1. The zero-order valence-electron chi connectivity index (χ0n) is 10.1. The Morgan fingerprint density at radius 1 is 1.05 bits per heavy atom. The van der Waals surface area contributed by atoms with E-state index in [1.807, 2.05) is 6.92 Å². The Morgan fingerprint density at radius 3 is 2.42 bits per heavy atom. The van der Waals surface area contributed by atoms with Crippen LogP contribution in [-0.4, -0.2) is 4.98 Å². The van der Waals surface area contributed by atoms with Crippen molar-refractivity contribution >= 4 is 34.8 Å². The minimum Gasteiger partial charge on any atom is -0.455 e. The summed E-state index contributed by atoms with van der Waals surface area (Å²) >= 11 is 17.9. The zero-order chi connectivity index (χ0) is 14.0. The molecule has 0 unspecified atom stereocenters. The van der Waals surface area contributed by atoms with E-state index >= 15 is 0 Å². The maximum atomic E-state index is 6.07. The van der Waals surface area contributed by atoms with E-state index in [-0.39, 0.29) is 0 Å². The zero-order valence-corrected chi connectivity index (χ0v) is 12.4. The molecule has 0 atom stereocenters. The Hall–Kier alpha value is -1.00. The molecule has 0 amide bonds. The third-order valence-corrected chi connectivity index (χ3v) is 3.51. The lowest BCUT2D eigenvalue weighted by Gasteiger charge is -2.12. The number of ether oxygens (including phenoxy) is 1. The van der Waals surface area contributed by atoms with E-state index in [9.17, 15) is 0 Å². The van der Waals surface area contributed by atoms with Gasteiger partial charge < -0.3 is 10.5 Å². The molecule has 0 bridgehead atoms. The fraction of sp³-hybridized carbons (Fsp3) is 0.154. The van der Waals surface area contributed by atoms with E-state index in [1.54, 1.807) is 18.3 Å². The molecule has 2 N–H and O–H groups in total. The monoisotopic (exact) mass is 316 g/mol. The molecule has 6 heteroatoms. The van der Waals surface area contributed by atoms with Crippen molar-refractivity contribution in [1.82, 2.24) is 4.98 Å². The Morgan fingerprint density at radius 2 is 1.74 bits per heavy atom. The van der Waals surface area contributed by atoms with Crippen LogP contribution in [0.25, 0.3) is 0 Å². The minimum absolute atomic E-state index is 0.321. The van der Waals surface area contributed by atoms with Crippen molar-refractivity contribution in [3.63, 3.8) is 0 Å². The highest BCUT2D eigenvalue weighted by atomic mass is 35.5. The number of nitrogens with zero attached hydrogens (tertiary/aromatic N) is 1. The highest BCUT2D eigenvalue weighted by Crippen LogP contribution is 2.37. The van der Waals surface area contributed by atoms with Crippen molar-refractivity contribution in [1.29, 1.82) is 0 Å². The van der Waals surface area contributed by atoms with Crippen molar-refractivity contribution < 1.29 is 4.74 Å². The molecule has 3 nitrogen and oxygen atoms in total. The molecule has 0 saturated carbocycles. The van der Waals surface area contributed by atoms with Crippen LogP contribution in [0.5, 0.6) is 11.5 Å². The Bertz CT molecular complexity index is 617. The molecule has 19 heavy (non-hydrogen) atoms. The highest BCUT2D eigenvalue weighted by Gasteiger charge is 2.11. The van der Waals surface area contributed by atoms with E-state index in [0.717, 1.165) is 11.3 Å². The molecule has 0 fully saturated rings. The maximum absolute atomic E-state index is 6.07. The average Bonchev–Trinajstić information content (AvgIpc) is 2.36. The summed E-state index contributed by atoms with van der Waals surface area (Å²) in [6.07, 6.45) is 1.68. The Labute approximate surface area is 126 Å². The summed E-state index contributed by atoms with van der Waals surface area (Å²) in [5.41, 5.74) is 7.25. The molecule has 2 aromatic rings. The number of benzene rings is 1. The smallest absolute Gasteiger partial charge is 0.147 e. The van der Waals surface area contributed by atoms with Gasteiger partial charge in [-0.3, -0.25) is 4.98 Å². The van der Waals surface area contributed by atoms with Gasteiger partial charge in [0.25, 0.3) is 0 Å². The van der Waals surface area contributed by atoms with Crippen LogP contribution < -0.4 is 10.5 Å². The van der Waals surface area contributed by atoms with Crippen molar-refractivity contribution in [3.05, 3.63) is 50.7 Å². The normalized spacial score (nSPS) is 10.6. The summed E-state index contributed by atoms with van der Waals surface area (Å²) in [5.74, 6) is 1.03. The molecule has 1 heterocycles. The van der Waals surface area contributed by atoms with Crippen molar-refractivity contribution in [3.8, 4) is 11.5 Å². The van der Waals surface area contributed by atoms with Gasteiger partial charge in [-0.2, -0.15) is 0 Å². The summed E-state index contributed by atoms with van der Waals surface area (Å²) in [6, 6.07) is 4.90. The summed E-state index contributed by atoms with van der Waals surface area (Å²) in [6.45, 7) is 2.19. The lowest BCUT2D eigenvalue weighted by Crippen LogP contribution is -2.01. The summed E-state index contributed by atoms with van der Waals surface area (Å²) < 4.78 is 5.75. The van der Waals surface area contributed by atoms with Gasteiger partial charge in [-0.25, -0.2) is 0 Å². The number of rotatable bonds is 3. The predicted octanol–water partition coefficient (Wildman–Crippen LogP) is 4.60. The number of aromatic nitrogens is 1. The third-order valence-electron chi connectivity index (χ3n) is 2.50. The first-order chi connectivity index (χ1) is 9.01. The van der Waals surface area contributed by atoms with Crippen LogP contribution in [0.1, 0.15) is 11.3 Å². The van der Waals surface area contributed by atoms with Crippen LogP contribution in [0, 0.1) is 6.92 Å². The Kier molecular flexibility index (Phi) is 4.53. The average molecular weight is 318 g/mol. The van der Waals surface area contributed by atoms with Gasteiger partial charge in [0.1, 0.15) is 11.5 Å². The maximum Gasteiger partial charge on any atom is 0.147 e. The number of hydrogen-bond donors (Lipinski definition) is 1. The molecule has 0 radical (unpaired) electrons. The lowest BCUT2D eigenvalue weighted by molar-refractivity contribution is 0.475. The summed E-state index contributed by atoms with van der Waals surface area (Å²) in [5, 5.41) is 1.14. The van der Waals surface area contributed by atoms with Gasteiger partial charge in [0, 0.05) is 36.1 Å². The van der Waals surface area contributed by atoms with Gasteiger partial charge in [-0.15, -0.1) is 0 Å². The highest BCUT2D eigenvalue weighted by molar-refractivity contribution is 6.43. The van der Waals surface area contributed by atoms with E-state index in [2.05, 4.69) is 4.98 Å². The molecule has 100 valence electrons. The molecule has 0 aliphatic carbocycles. The van der Waals surface area contributed by atoms with E-state index in [4.69, 9.17) is 45.3 Å². The molecule has 1 aromatic heterocycles. The van der Waals surface area contributed by atoms with Crippen LogP contribution in [0.15, 0.2) is 24.4 Å². The number of pyridine rings is 1. The fourth-order valence-corrected chi connectivity index (χ4v) is 2.09. The first kappa shape index (κ1) is 14.4. The molecule has 2 rings (SSSR count). The van der Waals surface area contributed by atoms with Gasteiger partial charge in [0.15, 0.2) is 0 Å². The van der Waals surface area contributed by atoms with E-state index in [1.165, 1.54) is 6.07 Å². The Balaban J connectivity index is 2.41. The predicted molar refractivity (Wildman–Crippen MR) is 78.4 cm³/mol. The molecular formula is C13H11Cl3N2O. The van der Waals surface area contributed by atoms with Crippen LogP contribution in [0.2, 0.25) is 15.1 Å². The fourth-order valence-electron chi connectivity index (χ4n) is 1.51. The van der Waals surface area contributed by atoms with Crippen LogP contribution in [0.3, 0.4) is 0 Å². The van der Waals surface area contributed by atoms with Gasteiger partial charge in [-0.1, -0.05) is 34.8 Å². The second kappa shape index (κ2) is 5.97. The first-order valence-corrected chi connectivity index (χ1v) is 6.62. The standard InChI is InChI=1S/C13H11Cl3N2O/c1-7-2-12(8(5-17)6-18-7)19-13-4-10(15)9(14)3-11(13)16/h2-4,6H,5,17H2,1H3. The van der Waals surface area contributed by atoms with Crippen LogP contribution >= 0.6 is 34.8 Å². The second-order valence-electron chi connectivity index (χ2n) is 3.94.